The van der Waals surface area contributed by atoms with E-state index >= 15 is 0 Å². The molecule has 0 radical (unpaired) electrons. The first-order valence-electron chi connectivity index (χ1n) is 6.23. The van der Waals surface area contributed by atoms with Crippen LogP contribution in [0.2, 0.25) is 0 Å². The summed E-state index contributed by atoms with van der Waals surface area (Å²) in [5.74, 6) is 0.631. The number of fused-ring (bicyclic) bond motifs is 1. The quantitative estimate of drug-likeness (QED) is 0.564. The molecule has 2 nitrogen and oxygen atoms in total. The van der Waals surface area contributed by atoms with Crippen molar-refractivity contribution in [3.05, 3.63) is 29.6 Å². The second kappa shape index (κ2) is 7.03. The van der Waals surface area contributed by atoms with Crippen molar-refractivity contribution in [2.75, 3.05) is 6.61 Å². The van der Waals surface area contributed by atoms with Crippen LogP contribution in [0.5, 0.6) is 5.75 Å². The highest BCUT2D eigenvalue weighted by Gasteiger charge is 2.36. The molecular formula is C15H19FO2. The number of aryl methyl sites for hydroxylation is 1. The number of benzene rings is 1. The Morgan fingerprint density at radius 1 is 1.22 bits per heavy atom. The van der Waals surface area contributed by atoms with Crippen molar-refractivity contribution >= 4 is 0 Å². The van der Waals surface area contributed by atoms with E-state index in [2.05, 4.69) is 12.8 Å². The summed E-state index contributed by atoms with van der Waals surface area (Å²) in [4.78, 5) is 0. The smallest absolute Gasteiger partial charge is 0.127 e. The van der Waals surface area contributed by atoms with Gasteiger partial charge in [-0.3, -0.25) is 0 Å². The molecule has 98 valence electrons. The molecule has 18 heavy (non-hydrogen) atoms. The van der Waals surface area contributed by atoms with Gasteiger partial charge in [-0.15, -0.1) is 12.8 Å². The average Bonchev–Trinajstić information content (AvgIpc) is 3.27. The van der Waals surface area contributed by atoms with Crippen molar-refractivity contribution in [3.63, 3.8) is 0 Å². The Hall–Kier alpha value is -1.53. The first-order chi connectivity index (χ1) is 8.83. The summed E-state index contributed by atoms with van der Waals surface area (Å²) in [6.45, 7) is 4.81. The van der Waals surface area contributed by atoms with Gasteiger partial charge in [0.15, 0.2) is 0 Å². The lowest BCUT2D eigenvalue weighted by Gasteiger charge is -2.24. The van der Waals surface area contributed by atoms with Crippen LogP contribution in [0.15, 0.2) is 18.2 Å². The Kier molecular flexibility index (Phi) is 5.67. The molecule has 2 atom stereocenters. The predicted molar refractivity (Wildman–Crippen MR) is 70.1 cm³/mol. The number of hydrogen-bond donors (Lipinski definition) is 0. The topological polar surface area (TPSA) is 21.8 Å². The molecule has 1 saturated heterocycles. The highest BCUT2D eigenvalue weighted by Crippen LogP contribution is 2.32. The zero-order valence-electron chi connectivity index (χ0n) is 10.9. The van der Waals surface area contributed by atoms with E-state index in [0.29, 0.717) is 0 Å². The van der Waals surface area contributed by atoms with Crippen LogP contribution in [-0.4, -0.2) is 18.8 Å². The maximum Gasteiger partial charge on any atom is 0.127 e. The van der Waals surface area contributed by atoms with Gasteiger partial charge < -0.3 is 9.47 Å². The van der Waals surface area contributed by atoms with Gasteiger partial charge in [-0.1, -0.05) is 13.8 Å². The molecule has 1 unspecified atom stereocenters. The van der Waals surface area contributed by atoms with Gasteiger partial charge in [-0.2, -0.15) is 0 Å². The van der Waals surface area contributed by atoms with Gasteiger partial charge in [0, 0.05) is 0 Å². The summed E-state index contributed by atoms with van der Waals surface area (Å²) in [7, 11) is 0. The minimum atomic E-state index is -0.187. The summed E-state index contributed by atoms with van der Waals surface area (Å²) in [5, 5.41) is 0. The fourth-order valence-corrected chi connectivity index (χ4v) is 1.91. The monoisotopic (exact) mass is 250 g/mol. The van der Waals surface area contributed by atoms with E-state index in [-0.39, 0.29) is 18.0 Å². The summed E-state index contributed by atoms with van der Waals surface area (Å²) in [6, 6.07) is 4.70. The Balaban J connectivity index is 0.000000371. The van der Waals surface area contributed by atoms with Crippen LogP contribution < -0.4 is 4.74 Å². The van der Waals surface area contributed by atoms with Gasteiger partial charge in [0.2, 0.25) is 0 Å². The summed E-state index contributed by atoms with van der Waals surface area (Å²) in [6.07, 6.45) is 10.3. The third kappa shape index (κ3) is 3.48. The van der Waals surface area contributed by atoms with E-state index < -0.39 is 0 Å². The third-order valence-electron chi connectivity index (χ3n) is 2.77. The van der Waals surface area contributed by atoms with Gasteiger partial charge in [0.05, 0.1) is 6.61 Å². The standard InChI is InChI=1S/C11H11FO2.C2H6.C2H2/c12-8-2-4-9-7(5-8)1-3-10(14-9)11-6-13-11;2*1-2/h2,4-5,10-11H,1,3,6H2;1-2H3;1-2H/t10?,11-;;/m0../s1. The number of rotatable bonds is 1. The normalized spacial score (nSPS) is 23.2. The number of epoxide rings is 1. The van der Waals surface area contributed by atoms with Crippen molar-refractivity contribution in [2.24, 2.45) is 0 Å². The molecule has 0 N–H and O–H groups in total. The summed E-state index contributed by atoms with van der Waals surface area (Å²) >= 11 is 0. The largest absolute Gasteiger partial charge is 0.487 e. The molecule has 0 aromatic heterocycles. The molecule has 2 heterocycles. The molecule has 3 rings (SSSR count). The van der Waals surface area contributed by atoms with Crippen molar-refractivity contribution in [3.8, 4) is 18.6 Å². The molecule has 0 saturated carbocycles. The molecule has 2 aliphatic heterocycles. The number of terminal acetylenes is 1. The fraction of sp³-hybridized carbons (Fsp3) is 0.467. The van der Waals surface area contributed by atoms with Gasteiger partial charge in [-0.25, -0.2) is 4.39 Å². The van der Waals surface area contributed by atoms with E-state index in [4.69, 9.17) is 9.47 Å². The molecule has 0 amide bonds. The maximum absolute atomic E-state index is 12.9. The van der Waals surface area contributed by atoms with Crippen molar-refractivity contribution in [1.29, 1.82) is 0 Å². The second-order valence-corrected chi connectivity index (χ2v) is 3.82. The van der Waals surface area contributed by atoms with Crippen LogP contribution in [0.3, 0.4) is 0 Å². The van der Waals surface area contributed by atoms with Crippen molar-refractivity contribution < 1.29 is 13.9 Å². The maximum atomic E-state index is 12.9. The Morgan fingerprint density at radius 3 is 2.50 bits per heavy atom. The van der Waals surface area contributed by atoms with Gasteiger partial charge in [0.1, 0.15) is 23.8 Å². The Morgan fingerprint density at radius 2 is 1.89 bits per heavy atom. The van der Waals surface area contributed by atoms with E-state index in [1.54, 1.807) is 12.1 Å². The first-order valence-corrected chi connectivity index (χ1v) is 6.23. The van der Waals surface area contributed by atoms with Crippen LogP contribution in [-0.2, 0) is 11.2 Å². The molecule has 3 heteroatoms. The highest BCUT2D eigenvalue weighted by molar-refractivity contribution is 5.36. The van der Waals surface area contributed by atoms with Crippen LogP contribution in [0.4, 0.5) is 4.39 Å². The lowest BCUT2D eigenvalue weighted by atomic mass is 10.0. The minimum Gasteiger partial charge on any atom is -0.487 e. The highest BCUT2D eigenvalue weighted by atomic mass is 19.1. The number of hydrogen-bond acceptors (Lipinski definition) is 2. The Labute approximate surface area is 108 Å². The zero-order valence-corrected chi connectivity index (χ0v) is 10.9. The molecular weight excluding hydrogens is 231 g/mol. The van der Waals surface area contributed by atoms with Gasteiger partial charge in [-0.05, 0) is 36.6 Å². The Bertz CT molecular complexity index is 397. The van der Waals surface area contributed by atoms with E-state index in [1.165, 1.54) is 6.07 Å². The zero-order chi connectivity index (χ0) is 13.5. The van der Waals surface area contributed by atoms with Crippen molar-refractivity contribution in [1.82, 2.24) is 0 Å². The minimum absolute atomic E-state index is 0.174. The lowest BCUT2D eigenvalue weighted by molar-refractivity contribution is 0.136. The number of halogens is 1. The van der Waals surface area contributed by atoms with E-state index in [9.17, 15) is 4.39 Å². The third-order valence-corrected chi connectivity index (χ3v) is 2.77. The predicted octanol–water partition coefficient (Wildman–Crippen LogP) is 3.19. The molecule has 0 spiro atoms. The van der Waals surface area contributed by atoms with Gasteiger partial charge in [0.25, 0.3) is 0 Å². The SMILES string of the molecule is C#C.CC.Fc1ccc2c(c1)CCC([C@@H]1CO1)O2. The van der Waals surface area contributed by atoms with Crippen LogP contribution in [0.25, 0.3) is 0 Å². The second-order valence-electron chi connectivity index (χ2n) is 3.82. The van der Waals surface area contributed by atoms with Crippen molar-refractivity contribution in [2.45, 2.75) is 38.9 Å². The summed E-state index contributed by atoms with van der Waals surface area (Å²) < 4.78 is 23.8. The van der Waals surface area contributed by atoms with Crippen LogP contribution in [0, 0.1) is 18.7 Å². The first kappa shape index (κ1) is 14.5. The number of ether oxygens (including phenoxy) is 2. The van der Waals surface area contributed by atoms with E-state index in [0.717, 1.165) is 30.8 Å². The molecule has 0 bridgehead atoms. The molecule has 1 aromatic rings. The van der Waals surface area contributed by atoms with Crippen LogP contribution >= 0.6 is 0 Å². The van der Waals surface area contributed by atoms with Gasteiger partial charge >= 0.3 is 0 Å². The van der Waals surface area contributed by atoms with E-state index in [1.807, 2.05) is 13.8 Å². The average molecular weight is 250 g/mol. The molecule has 0 aliphatic carbocycles. The fourth-order valence-electron chi connectivity index (χ4n) is 1.91. The van der Waals surface area contributed by atoms with Crippen LogP contribution in [0.1, 0.15) is 25.8 Å². The molecule has 1 aromatic carbocycles. The molecule has 2 aliphatic rings. The molecule has 1 fully saturated rings. The summed E-state index contributed by atoms with van der Waals surface area (Å²) in [5.41, 5.74) is 0.974. The lowest BCUT2D eigenvalue weighted by Crippen LogP contribution is -2.27.